The van der Waals surface area contributed by atoms with E-state index in [1.807, 2.05) is 0 Å². The Morgan fingerprint density at radius 3 is 1.46 bits per heavy atom. The number of hydrogen-bond acceptors (Lipinski definition) is 4. The molecule has 5 nitrogen and oxygen atoms in total. The standard InChI is InChI=1S/C6H5NO4.2Na/c8-5(9)3-1-2-4(7-3)6(10)11;;/h1-2,7H,(H,8,9)(H,10,11);;/q;2*+1/p-2. The maximum atomic E-state index is 10.1. The normalized spacial score (nSPS) is 8.00. The molecular weight excluding hydrogens is 196 g/mol. The largest absolute Gasteiger partial charge is 1.00 e. The maximum Gasteiger partial charge on any atom is 1.00 e. The van der Waals surface area contributed by atoms with E-state index in [0.29, 0.717) is 0 Å². The average Bonchev–Trinajstić information content (AvgIpc) is 2.33. The Kier molecular flexibility index (Phi) is 8.01. The summed E-state index contributed by atoms with van der Waals surface area (Å²) < 4.78 is 0. The number of H-pyrrole nitrogens is 1. The van der Waals surface area contributed by atoms with Crippen molar-refractivity contribution in [2.75, 3.05) is 0 Å². The first-order valence-corrected chi connectivity index (χ1v) is 2.73. The van der Waals surface area contributed by atoms with Gasteiger partial charge in [-0.15, -0.1) is 0 Å². The second kappa shape index (κ2) is 6.64. The van der Waals surface area contributed by atoms with Crippen LogP contribution in [-0.4, -0.2) is 16.9 Å². The van der Waals surface area contributed by atoms with Crippen molar-refractivity contribution in [2.24, 2.45) is 0 Å². The predicted octanol–water partition coefficient (Wildman–Crippen LogP) is -8.25. The van der Waals surface area contributed by atoms with Gasteiger partial charge >= 0.3 is 59.1 Å². The van der Waals surface area contributed by atoms with Gasteiger partial charge in [0.05, 0.1) is 23.3 Å². The second-order valence-corrected chi connectivity index (χ2v) is 1.86. The molecule has 7 heteroatoms. The minimum atomic E-state index is -1.45. The summed E-state index contributed by atoms with van der Waals surface area (Å²) in [6, 6.07) is 2.20. The van der Waals surface area contributed by atoms with Gasteiger partial charge in [-0.05, 0) is 12.1 Å². The molecule has 1 aromatic rings. The minimum Gasteiger partial charge on any atom is -0.543 e. The third-order valence-electron chi connectivity index (χ3n) is 1.13. The van der Waals surface area contributed by atoms with Gasteiger partial charge in [0.25, 0.3) is 0 Å². The fraction of sp³-hybridized carbons (Fsp3) is 0. The minimum absolute atomic E-state index is 0. The van der Waals surface area contributed by atoms with Gasteiger partial charge in [0, 0.05) is 0 Å². The van der Waals surface area contributed by atoms with E-state index in [2.05, 4.69) is 4.98 Å². The van der Waals surface area contributed by atoms with E-state index in [-0.39, 0.29) is 70.5 Å². The zero-order valence-electron chi connectivity index (χ0n) is 7.29. The van der Waals surface area contributed by atoms with Gasteiger partial charge in [-0.25, -0.2) is 0 Å². The Morgan fingerprint density at radius 1 is 1.00 bits per heavy atom. The maximum absolute atomic E-state index is 10.1. The molecule has 0 atom stereocenters. The first-order valence-electron chi connectivity index (χ1n) is 2.73. The molecule has 13 heavy (non-hydrogen) atoms. The molecule has 1 rings (SSSR count). The van der Waals surface area contributed by atoms with Crippen molar-refractivity contribution in [1.82, 2.24) is 4.98 Å². The molecule has 1 heterocycles. The van der Waals surface area contributed by atoms with Gasteiger partial charge in [0.2, 0.25) is 0 Å². The van der Waals surface area contributed by atoms with Crippen molar-refractivity contribution in [1.29, 1.82) is 0 Å². The van der Waals surface area contributed by atoms with Crippen LogP contribution < -0.4 is 69.3 Å². The molecule has 0 fully saturated rings. The van der Waals surface area contributed by atoms with Crippen LogP contribution in [0.5, 0.6) is 0 Å². The van der Waals surface area contributed by atoms with E-state index in [9.17, 15) is 19.8 Å². The van der Waals surface area contributed by atoms with Crippen molar-refractivity contribution < 1.29 is 78.9 Å². The molecule has 0 radical (unpaired) electrons. The monoisotopic (exact) mass is 199 g/mol. The summed E-state index contributed by atoms with van der Waals surface area (Å²) in [6.45, 7) is 0. The van der Waals surface area contributed by atoms with Gasteiger partial charge < -0.3 is 24.8 Å². The molecule has 58 valence electrons. The summed E-state index contributed by atoms with van der Waals surface area (Å²) in [7, 11) is 0. The van der Waals surface area contributed by atoms with Gasteiger partial charge in [-0.2, -0.15) is 0 Å². The number of rotatable bonds is 2. The van der Waals surface area contributed by atoms with Crippen LogP contribution in [0.15, 0.2) is 12.1 Å². The Balaban J connectivity index is 0. The molecule has 0 aliphatic heterocycles. The van der Waals surface area contributed by atoms with Crippen LogP contribution in [0.1, 0.15) is 21.0 Å². The van der Waals surface area contributed by atoms with Gasteiger partial charge in [0.1, 0.15) is 0 Å². The SMILES string of the molecule is O=C([O-])c1ccc(C(=O)[O-])[nH]1.[Na+].[Na+]. The zero-order valence-corrected chi connectivity index (χ0v) is 11.3. The molecule has 0 spiro atoms. The number of nitrogens with one attached hydrogen (secondary N) is 1. The van der Waals surface area contributed by atoms with Gasteiger partial charge in [-0.3, -0.25) is 0 Å². The Bertz CT molecular complexity index is 281. The molecule has 0 aliphatic carbocycles. The molecule has 0 saturated heterocycles. The summed E-state index contributed by atoms with van der Waals surface area (Å²) in [5.74, 6) is -2.89. The fourth-order valence-electron chi connectivity index (χ4n) is 0.633. The first kappa shape index (κ1) is 15.7. The van der Waals surface area contributed by atoms with Crippen LogP contribution in [0.2, 0.25) is 0 Å². The fourth-order valence-corrected chi connectivity index (χ4v) is 0.633. The number of carboxylic acids is 2. The van der Waals surface area contributed by atoms with E-state index < -0.39 is 11.9 Å². The number of carbonyl (C=O) groups excluding carboxylic acids is 2. The molecule has 0 aliphatic rings. The quantitative estimate of drug-likeness (QED) is 0.478. The molecule has 0 unspecified atom stereocenters. The van der Waals surface area contributed by atoms with Crippen LogP contribution in [0.25, 0.3) is 0 Å². The zero-order chi connectivity index (χ0) is 8.43. The smallest absolute Gasteiger partial charge is 0.543 e. The molecule has 0 saturated carbocycles. The number of carbonyl (C=O) groups is 2. The van der Waals surface area contributed by atoms with Crippen LogP contribution in [-0.2, 0) is 0 Å². The number of aromatic nitrogens is 1. The van der Waals surface area contributed by atoms with Crippen molar-refractivity contribution >= 4 is 11.9 Å². The van der Waals surface area contributed by atoms with E-state index in [4.69, 9.17) is 0 Å². The first-order chi connectivity index (χ1) is 5.11. The van der Waals surface area contributed by atoms with Crippen LogP contribution in [0.3, 0.4) is 0 Å². The molecule has 1 N–H and O–H groups in total. The Hall–Kier alpha value is 0.220. The molecule has 0 bridgehead atoms. The summed E-state index contributed by atoms with van der Waals surface area (Å²) in [4.78, 5) is 22.3. The van der Waals surface area contributed by atoms with Crippen molar-refractivity contribution in [2.45, 2.75) is 0 Å². The topological polar surface area (TPSA) is 96.0 Å². The van der Waals surface area contributed by atoms with Crippen molar-refractivity contribution in [3.63, 3.8) is 0 Å². The van der Waals surface area contributed by atoms with Crippen LogP contribution >= 0.6 is 0 Å². The third kappa shape index (κ3) is 4.30. The van der Waals surface area contributed by atoms with Crippen molar-refractivity contribution in [3.8, 4) is 0 Å². The number of aromatic amines is 1. The third-order valence-corrected chi connectivity index (χ3v) is 1.13. The van der Waals surface area contributed by atoms with E-state index in [1.54, 1.807) is 0 Å². The number of hydrogen-bond donors (Lipinski definition) is 1. The second-order valence-electron chi connectivity index (χ2n) is 1.86. The van der Waals surface area contributed by atoms with Gasteiger partial charge in [0.15, 0.2) is 0 Å². The van der Waals surface area contributed by atoms with E-state index in [0.717, 1.165) is 12.1 Å². The number of aromatic carboxylic acids is 2. The van der Waals surface area contributed by atoms with Crippen LogP contribution in [0, 0.1) is 0 Å². The average molecular weight is 199 g/mol. The molecule has 0 amide bonds. The van der Waals surface area contributed by atoms with Crippen molar-refractivity contribution in [3.05, 3.63) is 23.5 Å². The Morgan fingerprint density at radius 2 is 1.31 bits per heavy atom. The summed E-state index contributed by atoms with van der Waals surface area (Å²) >= 11 is 0. The summed E-state index contributed by atoms with van der Waals surface area (Å²) in [5.41, 5.74) is -0.548. The van der Waals surface area contributed by atoms with E-state index >= 15 is 0 Å². The van der Waals surface area contributed by atoms with E-state index in [1.165, 1.54) is 0 Å². The predicted molar refractivity (Wildman–Crippen MR) is 29.5 cm³/mol. The van der Waals surface area contributed by atoms with Gasteiger partial charge in [-0.1, -0.05) is 0 Å². The Labute approximate surface area is 118 Å². The van der Waals surface area contributed by atoms with Crippen LogP contribution in [0.4, 0.5) is 0 Å². The summed E-state index contributed by atoms with van der Waals surface area (Å²) in [6.07, 6.45) is 0. The number of carboxylic acid groups (broad SMARTS) is 2. The summed E-state index contributed by atoms with van der Waals surface area (Å²) in [5, 5.41) is 20.2. The molecule has 0 aromatic carbocycles. The molecular formula is C6H3NNa2O4. The molecule has 1 aromatic heterocycles.